The number of H-pyrrole nitrogens is 1. The summed E-state index contributed by atoms with van der Waals surface area (Å²) in [6, 6.07) is 4.56. The Kier molecular flexibility index (Phi) is 5.44. The topological polar surface area (TPSA) is 73.7 Å². The van der Waals surface area contributed by atoms with Gasteiger partial charge in [0.25, 0.3) is 5.56 Å². The summed E-state index contributed by atoms with van der Waals surface area (Å²) >= 11 is 1.80. The number of piperidine rings is 1. The minimum Gasteiger partial charge on any atom is -0.336 e. The van der Waals surface area contributed by atoms with Gasteiger partial charge in [0.05, 0.1) is 24.0 Å². The van der Waals surface area contributed by atoms with Crippen molar-refractivity contribution in [2.24, 2.45) is 0 Å². The third-order valence-electron chi connectivity index (χ3n) is 6.58. The van der Waals surface area contributed by atoms with Gasteiger partial charge in [-0.3, -0.25) is 19.6 Å². The van der Waals surface area contributed by atoms with E-state index in [2.05, 4.69) is 28.4 Å². The minimum atomic E-state index is -0.0225. The van der Waals surface area contributed by atoms with E-state index in [0.29, 0.717) is 31.6 Å². The van der Waals surface area contributed by atoms with E-state index in [1.165, 1.54) is 23.3 Å². The van der Waals surface area contributed by atoms with Gasteiger partial charge in [0.1, 0.15) is 0 Å². The van der Waals surface area contributed by atoms with Crippen LogP contribution >= 0.6 is 11.3 Å². The number of carbonyl (C=O) groups excluding carboxylic acids is 1. The molecular weight excluding hydrogens is 410 g/mol. The van der Waals surface area contributed by atoms with Crippen molar-refractivity contribution in [3.05, 3.63) is 55.3 Å². The Hall–Kier alpha value is -2.45. The zero-order valence-corrected chi connectivity index (χ0v) is 19.0. The molecule has 1 atom stereocenters. The van der Waals surface area contributed by atoms with Crippen molar-refractivity contribution in [2.75, 3.05) is 13.1 Å². The molecule has 1 fully saturated rings. The van der Waals surface area contributed by atoms with E-state index in [1.807, 2.05) is 17.9 Å². The Labute approximate surface area is 185 Å². The number of thiophene rings is 1. The van der Waals surface area contributed by atoms with Crippen LogP contribution in [0.3, 0.4) is 0 Å². The monoisotopic (exact) mass is 439 g/mol. The second-order valence-electron chi connectivity index (χ2n) is 8.71. The third kappa shape index (κ3) is 3.83. The van der Waals surface area contributed by atoms with Gasteiger partial charge in [-0.1, -0.05) is 13.3 Å². The summed E-state index contributed by atoms with van der Waals surface area (Å²) in [5.74, 6) is 0.115. The average molecular weight is 440 g/mol. The number of aromatic nitrogens is 3. The van der Waals surface area contributed by atoms with Gasteiger partial charge in [0, 0.05) is 36.0 Å². The highest BCUT2D eigenvalue weighted by Crippen LogP contribution is 2.32. The van der Waals surface area contributed by atoms with E-state index in [9.17, 15) is 9.59 Å². The summed E-state index contributed by atoms with van der Waals surface area (Å²) < 4.78 is 1.60. The quantitative estimate of drug-likeness (QED) is 0.676. The van der Waals surface area contributed by atoms with E-state index in [1.54, 1.807) is 15.9 Å². The Morgan fingerprint density at radius 3 is 2.94 bits per heavy atom. The molecule has 1 N–H and O–H groups in total. The smallest absolute Gasteiger partial charge is 0.276 e. The molecule has 5 heterocycles. The molecule has 31 heavy (non-hydrogen) atoms. The Morgan fingerprint density at radius 2 is 2.16 bits per heavy atom. The molecule has 0 aromatic carbocycles. The number of nitrogens with zero attached hydrogens (tertiary/aromatic N) is 4. The number of likely N-dealkylation sites (tertiary alicyclic amines) is 1. The molecule has 0 radical (unpaired) electrons. The van der Waals surface area contributed by atoms with Crippen molar-refractivity contribution in [1.82, 2.24) is 24.4 Å². The van der Waals surface area contributed by atoms with Crippen molar-refractivity contribution in [2.45, 2.75) is 65.1 Å². The summed E-state index contributed by atoms with van der Waals surface area (Å²) in [5.41, 5.74) is 4.53. The molecule has 7 nitrogen and oxygen atoms in total. The highest BCUT2D eigenvalue weighted by Gasteiger charge is 2.28. The predicted octanol–water partition coefficient (Wildman–Crippen LogP) is 3.41. The van der Waals surface area contributed by atoms with Crippen LogP contribution in [0.2, 0.25) is 0 Å². The van der Waals surface area contributed by atoms with Crippen molar-refractivity contribution in [3.63, 3.8) is 0 Å². The summed E-state index contributed by atoms with van der Waals surface area (Å²) in [7, 11) is 0. The highest BCUT2D eigenvalue weighted by molar-refractivity contribution is 7.10. The number of fused-ring (bicyclic) bond motifs is 2. The van der Waals surface area contributed by atoms with Gasteiger partial charge in [-0.25, -0.2) is 9.50 Å². The molecule has 8 heteroatoms. The van der Waals surface area contributed by atoms with Crippen LogP contribution in [-0.2, 0) is 24.3 Å². The molecule has 1 amide bonds. The Morgan fingerprint density at radius 1 is 1.29 bits per heavy atom. The number of rotatable bonds is 4. The first-order valence-corrected chi connectivity index (χ1v) is 12.1. The molecule has 1 saturated heterocycles. The van der Waals surface area contributed by atoms with Gasteiger partial charge in [-0.2, -0.15) is 0 Å². The molecular formula is C23H29N5O2S. The molecule has 5 rings (SSSR count). The van der Waals surface area contributed by atoms with Crippen LogP contribution in [0.1, 0.15) is 66.0 Å². The molecule has 3 aromatic rings. The fourth-order valence-corrected chi connectivity index (χ4v) is 5.67. The van der Waals surface area contributed by atoms with Gasteiger partial charge in [-0.15, -0.1) is 11.3 Å². The maximum Gasteiger partial charge on any atom is 0.276 e. The molecule has 0 bridgehead atoms. The van der Waals surface area contributed by atoms with Crippen LogP contribution < -0.4 is 5.56 Å². The van der Waals surface area contributed by atoms with Crippen molar-refractivity contribution < 1.29 is 4.79 Å². The SMILES string of the molecule is CCC(=O)N1CCc2c(nc3cc([C@H]4CCCCN4Cc4csc(C)c4)[nH]n3c2=O)C1. The van der Waals surface area contributed by atoms with Gasteiger partial charge in [0.15, 0.2) is 5.65 Å². The van der Waals surface area contributed by atoms with E-state index >= 15 is 0 Å². The first-order valence-electron chi connectivity index (χ1n) is 11.2. The molecule has 0 aliphatic carbocycles. The molecule has 2 aliphatic heterocycles. The fourth-order valence-electron chi connectivity index (χ4n) is 4.97. The maximum absolute atomic E-state index is 13.2. The van der Waals surface area contributed by atoms with Crippen molar-refractivity contribution in [1.29, 1.82) is 0 Å². The number of amides is 1. The van der Waals surface area contributed by atoms with Crippen LogP contribution in [0, 0.1) is 6.92 Å². The lowest BCUT2D eigenvalue weighted by molar-refractivity contribution is -0.131. The Bertz CT molecular complexity index is 1180. The average Bonchev–Trinajstić information content (AvgIpc) is 3.39. The van der Waals surface area contributed by atoms with Crippen molar-refractivity contribution >= 4 is 22.9 Å². The van der Waals surface area contributed by atoms with Crippen LogP contribution in [0.15, 0.2) is 22.3 Å². The second kappa shape index (κ2) is 8.24. The van der Waals surface area contributed by atoms with Gasteiger partial charge < -0.3 is 4.90 Å². The largest absolute Gasteiger partial charge is 0.336 e. The third-order valence-corrected chi connectivity index (χ3v) is 7.49. The number of carbonyl (C=O) groups is 1. The van der Waals surface area contributed by atoms with Crippen LogP contribution in [0.5, 0.6) is 0 Å². The maximum atomic E-state index is 13.2. The molecule has 0 saturated carbocycles. The van der Waals surface area contributed by atoms with E-state index in [0.717, 1.165) is 36.5 Å². The number of nitrogens with one attached hydrogen (secondary N) is 1. The Balaban J connectivity index is 1.47. The second-order valence-corrected chi connectivity index (χ2v) is 9.83. The van der Waals surface area contributed by atoms with Crippen LogP contribution in [0.25, 0.3) is 5.65 Å². The summed E-state index contributed by atoms with van der Waals surface area (Å²) in [5, 5.41) is 5.62. The zero-order valence-electron chi connectivity index (χ0n) is 18.2. The van der Waals surface area contributed by atoms with Gasteiger partial charge in [0.2, 0.25) is 5.91 Å². The van der Waals surface area contributed by atoms with Crippen LogP contribution in [-0.4, -0.2) is 43.4 Å². The first kappa shape index (κ1) is 20.5. The number of hydrogen-bond donors (Lipinski definition) is 1. The molecule has 0 spiro atoms. The van der Waals surface area contributed by atoms with Gasteiger partial charge in [-0.05, 0) is 49.7 Å². The lowest BCUT2D eigenvalue weighted by atomic mass is 9.99. The van der Waals surface area contributed by atoms with E-state index < -0.39 is 0 Å². The normalized spacial score (nSPS) is 19.7. The molecule has 2 aliphatic rings. The van der Waals surface area contributed by atoms with Crippen LogP contribution in [0.4, 0.5) is 0 Å². The molecule has 0 unspecified atom stereocenters. The summed E-state index contributed by atoms with van der Waals surface area (Å²) in [6.07, 6.45) is 4.51. The van der Waals surface area contributed by atoms with Gasteiger partial charge >= 0.3 is 0 Å². The predicted molar refractivity (Wildman–Crippen MR) is 121 cm³/mol. The summed E-state index contributed by atoms with van der Waals surface area (Å²) in [4.78, 5) is 35.8. The number of aromatic amines is 1. The number of hydrogen-bond acceptors (Lipinski definition) is 5. The fraction of sp³-hybridized carbons (Fsp3) is 0.522. The summed E-state index contributed by atoms with van der Waals surface area (Å²) in [6.45, 7) is 7.02. The first-order chi connectivity index (χ1) is 15.0. The standard InChI is InChI=1S/C23H29N5O2S/c1-3-22(29)27-9-7-17-19(13-27)24-21-11-18(25-28(21)23(17)30)20-6-4-5-8-26(20)12-16-10-15(2)31-14-16/h10-11,14,20,25H,3-9,12-13H2,1-2H3/t20-/m1/s1. The van der Waals surface area contributed by atoms with Crippen molar-refractivity contribution in [3.8, 4) is 0 Å². The lowest BCUT2D eigenvalue weighted by Crippen LogP contribution is -2.39. The van der Waals surface area contributed by atoms with E-state index in [4.69, 9.17) is 4.98 Å². The zero-order chi connectivity index (χ0) is 21.5. The molecule has 3 aromatic heterocycles. The number of aryl methyl sites for hydroxylation is 1. The van der Waals surface area contributed by atoms with E-state index in [-0.39, 0.29) is 17.5 Å². The molecule has 164 valence electrons. The lowest BCUT2D eigenvalue weighted by Gasteiger charge is -2.34. The minimum absolute atomic E-state index is 0.0225. The highest BCUT2D eigenvalue weighted by atomic mass is 32.1.